The van der Waals surface area contributed by atoms with Crippen LogP contribution in [-0.4, -0.2) is 29.8 Å². The summed E-state index contributed by atoms with van der Waals surface area (Å²) >= 11 is 5.86. The molecule has 0 aromatic heterocycles. The van der Waals surface area contributed by atoms with Crippen molar-refractivity contribution in [1.29, 1.82) is 0 Å². The Bertz CT molecular complexity index is 538. The predicted molar refractivity (Wildman–Crippen MR) is 82.1 cm³/mol. The number of hydrogen-bond donors (Lipinski definition) is 1. The molecule has 1 N–H and O–H groups in total. The summed E-state index contributed by atoms with van der Waals surface area (Å²) in [5, 5.41) is 9.92. The van der Waals surface area contributed by atoms with Gasteiger partial charge in [-0.1, -0.05) is 23.7 Å². The Labute approximate surface area is 133 Å². The highest BCUT2D eigenvalue weighted by Crippen LogP contribution is 2.44. The molecule has 0 saturated heterocycles. The second-order valence-electron chi connectivity index (χ2n) is 5.74. The number of nitrogens with zero attached hydrogens (tertiary/aromatic N) is 1. The summed E-state index contributed by atoms with van der Waals surface area (Å²) in [5.74, 6) is -4.37. The molecular weight excluding hydrogens is 312 g/mol. The molecular formula is C16H18ClF2NO2. The van der Waals surface area contributed by atoms with Crippen molar-refractivity contribution in [1.82, 2.24) is 0 Å². The monoisotopic (exact) mass is 329 g/mol. The van der Waals surface area contributed by atoms with Crippen LogP contribution in [0.4, 0.5) is 8.78 Å². The lowest BCUT2D eigenvalue weighted by Gasteiger charge is -2.35. The molecule has 0 radical (unpaired) electrons. The van der Waals surface area contributed by atoms with Gasteiger partial charge >= 0.3 is 5.97 Å². The molecule has 0 aliphatic heterocycles. The number of rotatable bonds is 5. The van der Waals surface area contributed by atoms with E-state index in [0.29, 0.717) is 5.02 Å². The molecule has 1 aliphatic carbocycles. The molecule has 3 nitrogen and oxygen atoms in total. The van der Waals surface area contributed by atoms with Gasteiger partial charge in [0.25, 0.3) is 0 Å². The minimum Gasteiger partial charge on any atom is -0.480 e. The number of benzene rings is 1. The fourth-order valence-corrected chi connectivity index (χ4v) is 3.29. The number of carboxylic acid groups (broad SMARTS) is 1. The van der Waals surface area contributed by atoms with Crippen molar-refractivity contribution < 1.29 is 18.7 Å². The fraction of sp³-hybridized carbons (Fsp3) is 0.500. The highest BCUT2D eigenvalue weighted by molar-refractivity contribution is 6.30. The molecule has 1 aromatic rings. The maximum atomic E-state index is 13.4. The number of carbonyl (C=O) groups is 1. The van der Waals surface area contributed by atoms with Crippen LogP contribution in [0.2, 0.25) is 5.02 Å². The lowest BCUT2D eigenvalue weighted by Crippen LogP contribution is -2.35. The third kappa shape index (κ3) is 3.83. The molecule has 1 fully saturated rings. The third-order valence-corrected chi connectivity index (χ3v) is 4.57. The van der Waals surface area contributed by atoms with Gasteiger partial charge in [-0.25, -0.2) is 13.6 Å². The summed E-state index contributed by atoms with van der Waals surface area (Å²) in [6, 6.07) is 5.77. The van der Waals surface area contributed by atoms with E-state index in [1.54, 1.807) is 24.3 Å². The first-order valence-electron chi connectivity index (χ1n) is 7.16. The first-order valence-corrected chi connectivity index (χ1v) is 7.54. The molecule has 1 saturated carbocycles. The number of alkyl halides is 2. The van der Waals surface area contributed by atoms with E-state index >= 15 is 0 Å². The van der Waals surface area contributed by atoms with E-state index in [1.807, 2.05) is 0 Å². The van der Waals surface area contributed by atoms with E-state index in [9.17, 15) is 18.7 Å². The molecule has 6 heteroatoms. The predicted octanol–water partition coefficient (Wildman–Crippen LogP) is 4.40. The highest BCUT2D eigenvalue weighted by Gasteiger charge is 2.41. The van der Waals surface area contributed by atoms with E-state index in [4.69, 9.17) is 11.6 Å². The standard InChI is InChI=1S/C16H18ClF2NO2/c1-20-14(15(21)22)13(10-2-4-12(17)5-3-10)11-6-8-16(18,19)9-7-11/h2-5,11,13-14H,1,6-9H2,(H,21,22)/t13-,14-/m0/s1. The summed E-state index contributed by atoms with van der Waals surface area (Å²) in [5.41, 5.74) is 0.749. The van der Waals surface area contributed by atoms with Crippen molar-refractivity contribution in [2.45, 2.75) is 43.6 Å². The quantitative estimate of drug-likeness (QED) is 0.814. The van der Waals surface area contributed by atoms with Crippen LogP contribution >= 0.6 is 11.6 Å². The van der Waals surface area contributed by atoms with Gasteiger partial charge in [0, 0.05) is 23.8 Å². The van der Waals surface area contributed by atoms with Crippen molar-refractivity contribution >= 4 is 24.3 Å². The smallest absolute Gasteiger partial charge is 0.329 e. The van der Waals surface area contributed by atoms with Crippen LogP contribution in [0.15, 0.2) is 29.3 Å². The summed E-state index contributed by atoms with van der Waals surface area (Å²) in [4.78, 5) is 15.2. The van der Waals surface area contributed by atoms with Gasteiger partial charge < -0.3 is 5.11 Å². The summed E-state index contributed by atoms with van der Waals surface area (Å²) in [7, 11) is 0. The zero-order chi connectivity index (χ0) is 16.3. The first-order chi connectivity index (χ1) is 10.3. The fourth-order valence-electron chi connectivity index (χ4n) is 3.16. The van der Waals surface area contributed by atoms with Gasteiger partial charge in [0.2, 0.25) is 5.92 Å². The molecule has 22 heavy (non-hydrogen) atoms. The number of aliphatic imine (C=N–C) groups is 1. The minimum atomic E-state index is -2.65. The Morgan fingerprint density at radius 3 is 2.32 bits per heavy atom. The molecule has 2 rings (SSSR count). The van der Waals surface area contributed by atoms with Gasteiger partial charge in [-0.05, 0) is 43.2 Å². The zero-order valence-electron chi connectivity index (χ0n) is 12.0. The second-order valence-corrected chi connectivity index (χ2v) is 6.17. The number of aliphatic carboxylic acids is 1. The van der Waals surface area contributed by atoms with Gasteiger partial charge in [0.05, 0.1) is 0 Å². The molecule has 0 unspecified atom stereocenters. The van der Waals surface area contributed by atoms with Gasteiger partial charge in [0.1, 0.15) is 0 Å². The molecule has 0 amide bonds. The Morgan fingerprint density at radius 2 is 1.86 bits per heavy atom. The van der Waals surface area contributed by atoms with Crippen molar-refractivity contribution in [3.63, 3.8) is 0 Å². The van der Waals surface area contributed by atoms with Crippen LogP contribution in [0.3, 0.4) is 0 Å². The topological polar surface area (TPSA) is 49.7 Å². The maximum absolute atomic E-state index is 13.4. The van der Waals surface area contributed by atoms with E-state index in [0.717, 1.165) is 5.56 Å². The number of halogens is 3. The third-order valence-electron chi connectivity index (χ3n) is 4.31. The molecule has 0 bridgehead atoms. The Balaban J connectivity index is 2.31. The highest BCUT2D eigenvalue weighted by atomic mass is 35.5. The van der Waals surface area contributed by atoms with Crippen molar-refractivity contribution in [3.05, 3.63) is 34.9 Å². The summed E-state index contributed by atoms with van der Waals surface area (Å²) < 4.78 is 26.7. The average Bonchev–Trinajstić information content (AvgIpc) is 2.46. The summed E-state index contributed by atoms with van der Waals surface area (Å²) in [6.07, 6.45) is 0.121. The van der Waals surface area contributed by atoms with Gasteiger partial charge in [-0.2, -0.15) is 0 Å². The summed E-state index contributed by atoms with van der Waals surface area (Å²) in [6.45, 7) is 3.36. The Kier molecular flexibility index (Phi) is 5.16. The van der Waals surface area contributed by atoms with Crippen LogP contribution < -0.4 is 0 Å². The molecule has 0 heterocycles. The molecule has 1 aromatic carbocycles. The number of hydrogen-bond acceptors (Lipinski definition) is 2. The van der Waals surface area contributed by atoms with Gasteiger partial charge in [-0.3, -0.25) is 4.99 Å². The van der Waals surface area contributed by atoms with E-state index in [-0.39, 0.29) is 31.6 Å². The number of carboxylic acids is 1. The largest absolute Gasteiger partial charge is 0.480 e. The van der Waals surface area contributed by atoms with Crippen molar-refractivity contribution in [3.8, 4) is 0 Å². The van der Waals surface area contributed by atoms with Crippen LogP contribution in [0.25, 0.3) is 0 Å². The van der Waals surface area contributed by atoms with E-state index < -0.39 is 23.9 Å². The maximum Gasteiger partial charge on any atom is 0.329 e. The lowest BCUT2D eigenvalue weighted by molar-refractivity contribution is -0.139. The second kappa shape index (κ2) is 6.73. The molecule has 2 atom stereocenters. The normalized spacial score (nSPS) is 21.0. The SMILES string of the molecule is C=N[C@H](C(=O)O)[C@@H](c1ccc(Cl)cc1)C1CCC(F)(F)CC1. The van der Waals surface area contributed by atoms with Gasteiger partial charge in [0.15, 0.2) is 6.04 Å². The molecule has 1 aliphatic rings. The van der Waals surface area contributed by atoms with Crippen LogP contribution in [0.1, 0.15) is 37.2 Å². The zero-order valence-corrected chi connectivity index (χ0v) is 12.8. The average molecular weight is 330 g/mol. The van der Waals surface area contributed by atoms with Gasteiger partial charge in [-0.15, -0.1) is 0 Å². The van der Waals surface area contributed by atoms with E-state index in [2.05, 4.69) is 11.7 Å². The van der Waals surface area contributed by atoms with Crippen molar-refractivity contribution in [2.75, 3.05) is 0 Å². The molecule has 120 valence electrons. The first kappa shape index (κ1) is 16.9. The molecule has 0 spiro atoms. The van der Waals surface area contributed by atoms with Crippen LogP contribution in [-0.2, 0) is 4.79 Å². The Morgan fingerprint density at radius 1 is 1.32 bits per heavy atom. The minimum absolute atomic E-state index is 0.160. The van der Waals surface area contributed by atoms with Crippen LogP contribution in [0, 0.1) is 5.92 Å². The van der Waals surface area contributed by atoms with Crippen LogP contribution in [0.5, 0.6) is 0 Å². The Hall–Kier alpha value is -1.49. The lowest BCUT2D eigenvalue weighted by atomic mass is 9.72. The van der Waals surface area contributed by atoms with E-state index in [1.165, 1.54) is 0 Å². The van der Waals surface area contributed by atoms with Crippen molar-refractivity contribution in [2.24, 2.45) is 10.9 Å².